The molecule has 6 heteroatoms. The first-order valence-corrected chi connectivity index (χ1v) is 4.83. The average molecular weight is 223 g/mol. The van der Waals surface area contributed by atoms with Gasteiger partial charge >= 0.3 is 5.97 Å². The number of nitrogens with two attached hydrogens (primary N) is 1. The normalized spacial score (nSPS) is 43.4. The summed E-state index contributed by atoms with van der Waals surface area (Å²) < 4.78 is 10.1. The summed E-state index contributed by atoms with van der Waals surface area (Å²) in [5.41, 5.74) is 3.40. The summed E-state index contributed by atoms with van der Waals surface area (Å²) in [5.74, 6) is -2.36. The van der Waals surface area contributed by atoms with Gasteiger partial charge in [-0.1, -0.05) is 6.08 Å². The van der Waals surface area contributed by atoms with Gasteiger partial charge in [0.05, 0.1) is 5.92 Å². The second kappa shape index (κ2) is 2.65. The Hall–Kier alpha value is -1.82. The van der Waals surface area contributed by atoms with Gasteiger partial charge in [-0.2, -0.15) is 0 Å². The third kappa shape index (κ3) is 0.943. The van der Waals surface area contributed by atoms with Crippen LogP contribution < -0.4 is 5.73 Å². The molecule has 6 nitrogen and oxygen atoms in total. The van der Waals surface area contributed by atoms with Gasteiger partial charge in [0.2, 0.25) is 0 Å². The summed E-state index contributed by atoms with van der Waals surface area (Å²) in [4.78, 5) is 22.5. The number of hydrogen-bond acceptors (Lipinski definition) is 5. The first-order chi connectivity index (χ1) is 7.52. The van der Waals surface area contributed by atoms with Crippen LogP contribution in [0.15, 0.2) is 24.0 Å². The molecule has 2 heterocycles. The van der Waals surface area contributed by atoms with Crippen molar-refractivity contribution in [1.82, 2.24) is 0 Å². The topological polar surface area (TPSA) is 98.9 Å². The molecule has 3 N–H and O–H groups in total. The van der Waals surface area contributed by atoms with Crippen LogP contribution in [-0.2, 0) is 19.1 Å². The van der Waals surface area contributed by atoms with Gasteiger partial charge in [-0.15, -0.1) is 0 Å². The van der Waals surface area contributed by atoms with Crippen LogP contribution in [0.25, 0.3) is 0 Å². The number of carbonyl (C=O) groups is 2. The summed E-state index contributed by atoms with van der Waals surface area (Å²) in [6, 6.07) is 0. The van der Waals surface area contributed by atoms with Crippen LogP contribution in [0.1, 0.15) is 0 Å². The van der Waals surface area contributed by atoms with Gasteiger partial charge in [0.15, 0.2) is 11.4 Å². The summed E-state index contributed by atoms with van der Waals surface area (Å²) in [6.45, 7) is 0. The Labute approximate surface area is 90.3 Å². The number of rotatable bonds is 1. The molecule has 4 atom stereocenters. The summed E-state index contributed by atoms with van der Waals surface area (Å²) in [5, 5.41) is 10.1. The fourth-order valence-electron chi connectivity index (χ4n) is 2.33. The zero-order valence-electron chi connectivity index (χ0n) is 8.12. The predicted octanol–water partition coefficient (Wildman–Crippen LogP) is -1.20. The predicted molar refractivity (Wildman–Crippen MR) is 49.3 cm³/mol. The number of primary amides is 1. The fraction of sp³-hybridized carbons (Fsp3) is 0.400. The highest BCUT2D eigenvalue weighted by molar-refractivity contribution is 5.91. The molecule has 1 fully saturated rings. The van der Waals surface area contributed by atoms with Gasteiger partial charge in [-0.25, -0.2) is 4.79 Å². The number of ether oxygens (including phenoxy) is 2. The molecule has 16 heavy (non-hydrogen) atoms. The number of aliphatic hydroxyl groups is 1. The maximum Gasteiger partial charge on any atom is 0.345 e. The minimum atomic E-state index is -1.69. The molecule has 1 aliphatic carbocycles. The van der Waals surface area contributed by atoms with Crippen molar-refractivity contribution in [3.8, 4) is 0 Å². The Morgan fingerprint density at radius 1 is 1.50 bits per heavy atom. The van der Waals surface area contributed by atoms with Crippen molar-refractivity contribution in [2.45, 2.75) is 11.9 Å². The van der Waals surface area contributed by atoms with Gasteiger partial charge in [0.25, 0.3) is 12.2 Å². The third-order valence-corrected chi connectivity index (χ3v) is 3.18. The monoisotopic (exact) mass is 223 g/mol. The van der Waals surface area contributed by atoms with Crippen molar-refractivity contribution in [1.29, 1.82) is 0 Å². The minimum absolute atomic E-state index is 0.0686. The van der Waals surface area contributed by atoms with E-state index in [9.17, 15) is 14.7 Å². The molecule has 0 aromatic rings. The molecule has 84 valence electrons. The highest BCUT2D eigenvalue weighted by Crippen LogP contribution is 2.47. The standard InChI is InChI=1S/C10H9NO5/c11-7(12)6-3-5-4-1-2-10(5,14)9(13)16-8(4)15-6/h1-5,8,14H,(H2,11,12)/t4?,5-,8?,10-/m0/s1. The molecule has 3 rings (SSSR count). The fourth-order valence-corrected chi connectivity index (χ4v) is 2.33. The van der Waals surface area contributed by atoms with E-state index in [1.54, 1.807) is 6.08 Å². The van der Waals surface area contributed by atoms with E-state index in [0.717, 1.165) is 0 Å². The number of carbonyl (C=O) groups excluding carboxylic acids is 2. The van der Waals surface area contributed by atoms with Crippen molar-refractivity contribution >= 4 is 11.9 Å². The second-order valence-corrected chi connectivity index (χ2v) is 4.07. The second-order valence-electron chi connectivity index (χ2n) is 4.07. The molecular weight excluding hydrogens is 214 g/mol. The molecule has 0 aromatic heterocycles. The van der Waals surface area contributed by atoms with Crippen molar-refractivity contribution in [2.75, 3.05) is 0 Å². The van der Waals surface area contributed by atoms with E-state index in [1.165, 1.54) is 12.2 Å². The largest absolute Gasteiger partial charge is 0.449 e. The van der Waals surface area contributed by atoms with Gasteiger partial charge < -0.3 is 20.3 Å². The quantitative estimate of drug-likeness (QED) is 0.430. The molecule has 0 spiro atoms. The lowest BCUT2D eigenvalue weighted by Crippen LogP contribution is -2.55. The molecule has 1 amide bonds. The molecule has 1 saturated heterocycles. The van der Waals surface area contributed by atoms with Crippen LogP contribution in [0.2, 0.25) is 0 Å². The molecule has 0 aromatic carbocycles. The molecule has 2 aliphatic heterocycles. The molecule has 4 bridgehead atoms. The summed E-state index contributed by atoms with van der Waals surface area (Å²) in [6.07, 6.45) is 3.57. The van der Waals surface area contributed by atoms with Gasteiger partial charge in [-0.3, -0.25) is 4.79 Å². The molecular formula is C10H9NO5. The van der Waals surface area contributed by atoms with Gasteiger partial charge in [-0.05, 0) is 12.2 Å². The maximum atomic E-state index is 11.5. The molecule has 0 saturated carbocycles. The Kier molecular flexibility index (Phi) is 1.56. The molecule has 3 aliphatic rings. The summed E-state index contributed by atoms with van der Waals surface area (Å²) in [7, 11) is 0. The van der Waals surface area contributed by atoms with Gasteiger partial charge in [0.1, 0.15) is 0 Å². The minimum Gasteiger partial charge on any atom is -0.449 e. The van der Waals surface area contributed by atoms with E-state index in [-0.39, 0.29) is 11.7 Å². The van der Waals surface area contributed by atoms with Crippen molar-refractivity contribution in [3.63, 3.8) is 0 Å². The molecule has 2 unspecified atom stereocenters. The van der Waals surface area contributed by atoms with Crippen LogP contribution in [0.3, 0.4) is 0 Å². The van der Waals surface area contributed by atoms with Crippen LogP contribution >= 0.6 is 0 Å². The van der Waals surface area contributed by atoms with Crippen molar-refractivity contribution < 1.29 is 24.2 Å². The number of amides is 1. The van der Waals surface area contributed by atoms with Crippen LogP contribution in [0.4, 0.5) is 0 Å². The first-order valence-electron chi connectivity index (χ1n) is 4.83. The lowest BCUT2D eigenvalue weighted by Gasteiger charge is -2.41. The zero-order chi connectivity index (χ0) is 11.5. The zero-order valence-corrected chi connectivity index (χ0v) is 8.12. The van der Waals surface area contributed by atoms with E-state index in [1.807, 2.05) is 0 Å². The first kappa shape index (κ1) is 9.41. The maximum absolute atomic E-state index is 11.5. The van der Waals surface area contributed by atoms with Crippen molar-refractivity contribution in [2.24, 2.45) is 17.6 Å². The summed E-state index contributed by atoms with van der Waals surface area (Å²) >= 11 is 0. The van der Waals surface area contributed by atoms with E-state index >= 15 is 0 Å². The highest BCUT2D eigenvalue weighted by atomic mass is 16.7. The smallest absolute Gasteiger partial charge is 0.345 e. The Bertz CT molecular complexity index is 454. The number of esters is 1. The number of hydrogen-bond donors (Lipinski definition) is 2. The van der Waals surface area contributed by atoms with Crippen molar-refractivity contribution in [3.05, 3.63) is 24.0 Å². The third-order valence-electron chi connectivity index (χ3n) is 3.18. The Morgan fingerprint density at radius 3 is 2.94 bits per heavy atom. The lowest BCUT2D eigenvalue weighted by atomic mass is 9.80. The SMILES string of the molecule is NC(=O)C1=C[C@H]2C3C=C[C@@]2(O)C(=O)OC3O1. The van der Waals surface area contributed by atoms with Gasteiger partial charge in [0, 0.05) is 5.92 Å². The highest BCUT2D eigenvalue weighted by Gasteiger charge is 2.59. The van der Waals surface area contributed by atoms with E-state index in [4.69, 9.17) is 15.2 Å². The Morgan fingerprint density at radius 2 is 2.25 bits per heavy atom. The van der Waals surface area contributed by atoms with Crippen LogP contribution in [0, 0.1) is 11.8 Å². The van der Waals surface area contributed by atoms with E-state index in [0.29, 0.717) is 0 Å². The van der Waals surface area contributed by atoms with E-state index in [2.05, 4.69) is 0 Å². The van der Waals surface area contributed by atoms with Crippen LogP contribution in [0.5, 0.6) is 0 Å². The Balaban J connectivity index is 2.09. The molecule has 0 radical (unpaired) electrons. The lowest BCUT2D eigenvalue weighted by molar-refractivity contribution is -0.224. The van der Waals surface area contributed by atoms with Crippen LogP contribution in [-0.4, -0.2) is 28.9 Å². The average Bonchev–Trinajstić information content (AvgIpc) is 2.50. The van der Waals surface area contributed by atoms with E-state index < -0.39 is 29.7 Å².